The summed E-state index contributed by atoms with van der Waals surface area (Å²) in [6, 6.07) is 16.4. The van der Waals surface area contributed by atoms with Crippen LogP contribution in [0.15, 0.2) is 72.1 Å². The van der Waals surface area contributed by atoms with E-state index in [1.54, 1.807) is 6.20 Å². The molecule has 2 aromatic heterocycles. The molecule has 1 amide bonds. The molecule has 2 N–H and O–H groups in total. The van der Waals surface area contributed by atoms with Gasteiger partial charge in [0.15, 0.2) is 0 Å². The maximum absolute atomic E-state index is 13.6. The van der Waals surface area contributed by atoms with Crippen LogP contribution in [-0.2, 0) is 4.79 Å². The molecule has 192 valence electrons. The molecule has 2 atom stereocenters. The molecule has 2 saturated heterocycles. The molecule has 0 saturated carbocycles. The molecule has 8 nitrogen and oxygen atoms in total. The normalized spacial score (nSPS) is 23.1. The van der Waals surface area contributed by atoms with Crippen LogP contribution >= 0.6 is 0 Å². The minimum Gasteiger partial charge on any atom is -0.388 e. The van der Waals surface area contributed by atoms with Crippen LogP contribution in [0.5, 0.6) is 0 Å². The van der Waals surface area contributed by atoms with Gasteiger partial charge >= 0.3 is 0 Å². The maximum atomic E-state index is 13.6. The van der Waals surface area contributed by atoms with Crippen molar-refractivity contribution in [1.82, 2.24) is 24.7 Å². The summed E-state index contributed by atoms with van der Waals surface area (Å²) in [4.78, 5) is 26.7. The molecule has 8 heteroatoms. The van der Waals surface area contributed by atoms with E-state index >= 15 is 0 Å². The molecular formula is C29H34N6O2. The first-order chi connectivity index (χ1) is 18.1. The highest BCUT2D eigenvalue weighted by atomic mass is 16.3. The van der Waals surface area contributed by atoms with Crippen molar-refractivity contribution in [2.45, 2.75) is 30.8 Å². The zero-order valence-electron chi connectivity index (χ0n) is 21.0. The zero-order valence-corrected chi connectivity index (χ0v) is 21.0. The van der Waals surface area contributed by atoms with Crippen LogP contribution in [-0.4, -0.2) is 75.4 Å². The van der Waals surface area contributed by atoms with E-state index in [-0.39, 0.29) is 17.7 Å². The van der Waals surface area contributed by atoms with Crippen molar-refractivity contribution in [3.63, 3.8) is 0 Å². The van der Waals surface area contributed by atoms with Crippen molar-refractivity contribution in [1.29, 1.82) is 0 Å². The second-order valence-electron chi connectivity index (χ2n) is 10.5. The summed E-state index contributed by atoms with van der Waals surface area (Å²) in [6.07, 6.45) is 9.69. The maximum Gasteiger partial charge on any atom is 0.226 e. The Bertz CT molecular complexity index is 1350. The van der Waals surface area contributed by atoms with Crippen molar-refractivity contribution in [2.75, 3.05) is 39.4 Å². The molecule has 37 heavy (non-hydrogen) atoms. The second kappa shape index (κ2) is 10.1. The van der Waals surface area contributed by atoms with E-state index in [4.69, 9.17) is 4.99 Å². The summed E-state index contributed by atoms with van der Waals surface area (Å²) < 4.78 is 2.04. The Hall–Kier alpha value is -3.49. The minimum absolute atomic E-state index is 0.00802. The number of carbonyl (C=O) groups is 1. The van der Waals surface area contributed by atoms with Crippen LogP contribution in [0.25, 0.3) is 11.9 Å². The highest BCUT2D eigenvalue weighted by Gasteiger charge is 2.39. The largest absolute Gasteiger partial charge is 0.388 e. The number of carbonyl (C=O) groups excluding carboxylic acids is 1. The summed E-state index contributed by atoms with van der Waals surface area (Å²) in [5.74, 6) is 0.422. The topological polar surface area (TPSA) is 86.0 Å². The van der Waals surface area contributed by atoms with E-state index in [1.807, 2.05) is 58.3 Å². The van der Waals surface area contributed by atoms with Crippen molar-refractivity contribution in [2.24, 2.45) is 10.9 Å². The van der Waals surface area contributed by atoms with Crippen LogP contribution in [0, 0.1) is 5.92 Å². The number of hydrogen-bond donors (Lipinski definition) is 2. The lowest BCUT2D eigenvalue weighted by Crippen LogP contribution is -2.54. The first-order valence-corrected chi connectivity index (χ1v) is 13.2. The van der Waals surface area contributed by atoms with Gasteiger partial charge in [-0.1, -0.05) is 30.3 Å². The highest BCUT2D eigenvalue weighted by molar-refractivity contribution is 5.80. The third kappa shape index (κ3) is 4.91. The van der Waals surface area contributed by atoms with Gasteiger partial charge in [-0.05, 0) is 49.6 Å². The Morgan fingerprint density at radius 3 is 2.73 bits per heavy atom. The number of nitrogens with one attached hydrogen (secondary N) is 1. The summed E-state index contributed by atoms with van der Waals surface area (Å²) in [7, 11) is 0. The third-order valence-electron chi connectivity index (χ3n) is 8.07. The fraction of sp³-hybridized carbons (Fsp3) is 0.414. The lowest BCUT2D eigenvalue weighted by Gasteiger charge is -2.43. The van der Waals surface area contributed by atoms with E-state index in [0.717, 1.165) is 35.9 Å². The SMILES string of the molecule is O=C([C@@H]1CCNC[C@H]1c1ccccc1)N1CCC(O)(CN2C=c3ccn(-c4cccnc4)c3=NC2)CC1. The zero-order chi connectivity index (χ0) is 25.2. The van der Waals surface area contributed by atoms with Crippen molar-refractivity contribution >= 4 is 12.1 Å². The number of β-amino-alcohol motifs (C(OH)–C–C–N with tert-alkyl or cyclic N) is 1. The molecule has 6 rings (SSSR count). The molecule has 3 aromatic rings. The smallest absolute Gasteiger partial charge is 0.226 e. The number of aromatic nitrogens is 2. The summed E-state index contributed by atoms with van der Waals surface area (Å²) >= 11 is 0. The number of nitrogens with zero attached hydrogens (tertiary/aromatic N) is 5. The summed E-state index contributed by atoms with van der Waals surface area (Å²) in [6.45, 7) is 3.89. The van der Waals surface area contributed by atoms with Gasteiger partial charge in [0.1, 0.15) is 12.2 Å². The van der Waals surface area contributed by atoms with Crippen LogP contribution in [0.4, 0.5) is 0 Å². The molecule has 0 radical (unpaired) electrons. The Labute approximate surface area is 217 Å². The molecule has 0 bridgehead atoms. The van der Waals surface area contributed by atoms with Gasteiger partial charge < -0.3 is 20.2 Å². The fourth-order valence-electron chi connectivity index (χ4n) is 6.02. The molecule has 1 aromatic carbocycles. The van der Waals surface area contributed by atoms with Gasteiger partial charge in [-0.25, -0.2) is 4.99 Å². The Balaban J connectivity index is 1.10. The summed E-state index contributed by atoms with van der Waals surface area (Å²) in [5, 5.41) is 15.9. The lowest BCUT2D eigenvalue weighted by molar-refractivity contribution is -0.141. The Morgan fingerprint density at radius 2 is 1.95 bits per heavy atom. The quantitative estimate of drug-likeness (QED) is 0.553. The van der Waals surface area contributed by atoms with Crippen molar-refractivity contribution in [3.8, 4) is 5.69 Å². The number of pyridine rings is 1. The van der Waals surface area contributed by atoms with Crippen molar-refractivity contribution in [3.05, 3.63) is 83.4 Å². The van der Waals surface area contributed by atoms with Gasteiger partial charge in [0.2, 0.25) is 5.91 Å². The third-order valence-corrected chi connectivity index (χ3v) is 8.07. The molecule has 0 aliphatic carbocycles. The van der Waals surface area contributed by atoms with Gasteiger partial charge in [-0.2, -0.15) is 0 Å². The molecule has 3 aliphatic rings. The van der Waals surface area contributed by atoms with Gasteiger partial charge in [-0.3, -0.25) is 14.3 Å². The Morgan fingerprint density at radius 1 is 1.11 bits per heavy atom. The number of fused-ring (bicyclic) bond motifs is 1. The second-order valence-corrected chi connectivity index (χ2v) is 10.5. The molecular weight excluding hydrogens is 464 g/mol. The highest BCUT2D eigenvalue weighted by Crippen LogP contribution is 2.33. The monoisotopic (exact) mass is 498 g/mol. The number of rotatable bonds is 5. The van der Waals surface area contributed by atoms with Crippen molar-refractivity contribution < 1.29 is 9.90 Å². The number of aliphatic hydroxyl groups is 1. The van der Waals surface area contributed by atoms with Gasteiger partial charge in [-0.15, -0.1) is 0 Å². The number of benzene rings is 1. The van der Waals surface area contributed by atoms with E-state index in [9.17, 15) is 9.90 Å². The van der Waals surface area contributed by atoms with E-state index in [0.29, 0.717) is 39.1 Å². The van der Waals surface area contributed by atoms with Gasteiger partial charge in [0, 0.05) is 61.8 Å². The molecule has 0 spiro atoms. The predicted octanol–water partition coefficient (Wildman–Crippen LogP) is 1.25. The van der Waals surface area contributed by atoms with Crippen LogP contribution in [0.1, 0.15) is 30.7 Å². The van der Waals surface area contributed by atoms with Crippen LogP contribution in [0.3, 0.4) is 0 Å². The predicted molar refractivity (Wildman–Crippen MR) is 141 cm³/mol. The van der Waals surface area contributed by atoms with E-state index in [2.05, 4.69) is 33.5 Å². The average molecular weight is 499 g/mol. The number of likely N-dealkylation sites (tertiary alicyclic amines) is 1. The van der Waals surface area contributed by atoms with Crippen LogP contribution < -0.4 is 16.0 Å². The number of hydrogen-bond acceptors (Lipinski definition) is 6. The van der Waals surface area contributed by atoms with E-state index in [1.165, 1.54) is 5.56 Å². The molecule has 5 heterocycles. The van der Waals surface area contributed by atoms with E-state index < -0.39 is 5.60 Å². The number of piperidine rings is 2. The molecule has 0 unspecified atom stereocenters. The summed E-state index contributed by atoms with van der Waals surface area (Å²) in [5.41, 5.74) is 2.28. The van der Waals surface area contributed by atoms with Gasteiger partial charge in [0.05, 0.1) is 17.5 Å². The Kier molecular flexibility index (Phi) is 6.52. The molecule has 3 aliphatic heterocycles. The minimum atomic E-state index is -0.834. The first kappa shape index (κ1) is 23.9. The van der Waals surface area contributed by atoms with Crippen LogP contribution in [0.2, 0.25) is 0 Å². The average Bonchev–Trinajstić information content (AvgIpc) is 3.37. The molecule has 2 fully saturated rings. The number of amides is 1. The first-order valence-electron chi connectivity index (χ1n) is 13.2. The fourth-order valence-corrected chi connectivity index (χ4v) is 6.02. The van der Waals surface area contributed by atoms with Gasteiger partial charge in [0.25, 0.3) is 0 Å². The standard InChI is InChI=1S/C29H34N6O2/c36-28(25-8-13-31-18-26(25)22-5-2-1-3-6-22)34-15-10-29(37,11-16-34)20-33-19-23-9-14-35(27(23)32-21-33)24-7-4-12-30-17-24/h1-7,9,12,14,17,19,25-26,31,37H,8,10-11,13,15-16,18,20-21H2/t25-,26+/m1/s1. The lowest BCUT2D eigenvalue weighted by atomic mass is 9.80.